The van der Waals surface area contributed by atoms with Crippen molar-refractivity contribution in [3.8, 4) is 0 Å². The van der Waals surface area contributed by atoms with Crippen molar-refractivity contribution in [1.29, 1.82) is 0 Å². The maximum atomic E-state index is 12.6. The number of benzene rings is 1. The average Bonchev–Trinajstić information content (AvgIpc) is 3.04. The Morgan fingerprint density at radius 2 is 1.92 bits per heavy atom. The largest absolute Gasteiger partial charge is 0.381 e. The summed E-state index contributed by atoms with van der Waals surface area (Å²) in [6.45, 7) is 6.53. The molecule has 0 bridgehead atoms. The molecule has 3 fully saturated rings. The predicted octanol–water partition coefficient (Wildman–Crippen LogP) is 1.84. The van der Waals surface area contributed by atoms with E-state index in [9.17, 15) is 4.79 Å². The summed E-state index contributed by atoms with van der Waals surface area (Å²) in [7, 11) is 2.12. The molecule has 0 saturated carbocycles. The van der Waals surface area contributed by atoms with Crippen molar-refractivity contribution in [3.05, 3.63) is 30.3 Å². The molecular weight excluding hydrogens is 314 g/mol. The van der Waals surface area contributed by atoms with E-state index in [0.717, 1.165) is 50.9 Å². The summed E-state index contributed by atoms with van der Waals surface area (Å²) < 4.78 is 5.50. The molecule has 1 aromatic rings. The minimum Gasteiger partial charge on any atom is -0.381 e. The van der Waals surface area contributed by atoms with Crippen LogP contribution in [0, 0.1) is 5.92 Å². The number of rotatable bonds is 3. The highest BCUT2D eigenvalue weighted by Gasteiger charge is 2.47. The number of nitrogens with zero attached hydrogens (tertiary/aromatic N) is 3. The standard InChI is InChI=1S/C20H29N3O2/c1-21-14-19(24)23(18-5-3-2-4-6-18)16-20(21)9-10-22(15-20)13-17-7-11-25-12-8-17/h2-6,17H,7-16H2,1H3/t20-/m1/s1. The molecule has 3 aliphatic heterocycles. The van der Waals surface area contributed by atoms with Crippen molar-refractivity contribution in [3.63, 3.8) is 0 Å². The van der Waals surface area contributed by atoms with Crippen molar-refractivity contribution in [2.75, 3.05) is 57.9 Å². The predicted molar refractivity (Wildman–Crippen MR) is 98.8 cm³/mol. The normalized spacial score (nSPS) is 29.6. The van der Waals surface area contributed by atoms with Gasteiger partial charge in [0.05, 0.1) is 12.1 Å². The first-order valence-electron chi connectivity index (χ1n) is 9.53. The summed E-state index contributed by atoms with van der Waals surface area (Å²) in [6, 6.07) is 10.1. The Kier molecular flexibility index (Phi) is 4.80. The van der Waals surface area contributed by atoms with Crippen LogP contribution in [0.2, 0.25) is 0 Å². The van der Waals surface area contributed by atoms with E-state index in [1.165, 1.54) is 19.4 Å². The zero-order valence-corrected chi connectivity index (χ0v) is 15.2. The zero-order chi connectivity index (χ0) is 17.3. The number of carbonyl (C=O) groups excluding carboxylic acids is 1. The Morgan fingerprint density at radius 3 is 2.68 bits per heavy atom. The molecule has 0 radical (unpaired) electrons. The minimum atomic E-state index is 0.0922. The number of ether oxygens (including phenoxy) is 1. The molecule has 1 aromatic carbocycles. The van der Waals surface area contributed by atoms with Crippen molar-refractivity contribution in [1.82, 2.24) is 9.80 Å². The van der Waals surface area contributed by atoms with Gasteiger partial charge < -0.3 is 14.5 Å². The van der Waals surface area contributed by atoms with E-state index >= 15 is 0 Å². The Balaban J connectivity index is 1.46. The molecular formula is C20H29N3O2. The number of carbonyl (C=O) groups is 1. The summed E-state index contributed by atoms with van der Waals surface area (Å²) in [5.74, 6) is 0.979. The zero-order valence-electron chi connectivity index (χ0n) is 15.2. The minimum absolute atomic E-state index is 0.0922. The number of piperazine rings is 1. The molecule has 4 rings (SSSR count). The molecule has 3 aliphatic rings. The van der Waals surface area contributed by atoms with E-state index in [2.05, 4.69) is 16.8 Å². The van der Waals surface area contributed by atoms with Gasteiger partial charge in [0.1, 0.15) is 0 Å². The fraction of sp³-hybridized carbons (Fsp3) is 0.650. The van der Waals surface area contributed by atoms with Gasteiger partial charge in [0.2, 0.25) is 5.91 Å². The monoisotopic (exact) mass is 343 g/mol. The lowest BCUT2D eigenvalue weighted by molar-refractivity contribution is -0.123. The molecule has 3 saturated heterocycles. The smallest absolute Gasteiger partial charge is 0.241 e. The number of para-hydroxylation sites is 1. The van der Waals surface area contributed by atoms with E-state index < -0.39 is 0 Å². The molecule has 0 unspecified atom stereocenters. The molecule has 0 aromatic heterocycles. The fourth-order valence-corrected chi connectivity index (χ4v) is 4.63. The van der Waals surface area contributed by atoms with Gasteiger partial charge in [0.25, 0.3) is 0 Å². The number of anilines is 1. The second-order valence-corrected chi connectivity index (χ2v) is 7.94. The average molecular weight is 343 g/mol. The lowest BCUT2D eigenvalue weighted by Crippen LogP contribution is -2.64. The molecule has 25 heavy (non-hydrogen) atoms. The highest BCUT2D eigenvalue weighted by Crippen LogP contribution is 2.34. The van der Waals surface area contributed by atoms with Crippen LogP contribution in [0.1, 0.15) is 19.3 Å². The number of amides is 1. The third-order valence-electron chi connectivity index (χ3n) is 6.27. The van der Waals surface area contributed by atoms with Crippen LogP contribution in [0.5, 0.6) is 0 Å². The van der Waals surface area contributed by atoms with Gasteiger partial charge in [-0.1, -0.05) is 18.2 Å². The van der Waals surface area contributed by atoms with Crippen LogP contribution >= 0.6 is 0 Å². The Hall–Kier alpha value is -1.43. The molecule has 1 amide bonds. The summed E-state index contributed by atoms with van der Waals surface area (Å²) in [5.41, 5.74) is 1.12. The molecule has 5 heteroatoms. The van der Waals surface area contributed by atoms with E-state index in [1.54, 1.807) is 0 Å². The molecule has 1 spiro atoms. The molecule has 136 valence electrons. The van der Waals surface area contributed by atoms with E-state index in [-0.39, 0.29) is 11.4 Å². The summed E-state index contributed by atoms with van der Waals surface area (Å²) in [4.78, 5) is 19.5. The lowest BCUT2D eigenvalue weighted by atomic mass is 9.92. The van der Waals surface area contributed by atoms with Crippen molar-refractivity contribution >= 4 is 11.6 Å². The number of likely N-dealkylation sites (N-methyl/N-ethyl adjacent to an activating group) is 1. The summed E-state index contributed by atoms with van der Waals surface area (Å²) in [5, 5.41) is 0. The fourth-order valence-electron chi connectivity index (χ4n) is 4.63. The van der Waals surface area contributed by atoms with Gasteiger partial charge in [0.15, 0.2) is 0 Å². The maximum Gasteiger partial charge on any atom is 0.241 e. The van der Waals surface area contributed by atoms with E-state index in [4.69, 9.17) is 4.74 Å². The van der Waals surface area contributed by atoms with Gasteiger partial charge in [-0.05, 0) is 44.4 Å². The highest BCUT2D eigenvalue weighted by molar-refractivity contribution is 5.96. The van der Waals surface area contributed by atoms with Gasteiger partial charge in [0, 0.05) is 45.1 Å². The van der Waals surface area contributed by atoms with Gasteiger partial charge in [-0.2, -0.15) is 0 Å². The third-order valence-corrected chi connectivity index (χ3v) is 6.27. The SMILES string of the molecule is CN1CC(=O)N(c2ccccc2)C[C@]12CCN(CC1CCOCC1)C2. The van der Waals surface area contributed by atoms with Crippen LogP contribution in [-0.4, -0.2) is 74.2 Å². The van der Waals surface area contributed by atoms with Crippen molar-refractivity contribution in [2.45, 2.75) is 24.8 Å². The van der Waals surface area contributed by atoms with E-state index in [1.807, 2.05) is 35.2 Å². The van der Waals surface area contributed by atoms with Crippen LogP contribution in [0.4, 0.5) is 5.69 Å². The van der Waals surface area contributed by atoms with Crippen LogP contribution < -0.4 is 4.90 Å². The summed E-state index contributed by atoms with van der Waals surface area (Å²) in [6.07, 6.45) is 3.52. The first-order valence-corrected chi connectivity index (χ1v) is 9.53. The first-order chi connectivity index (χ1) is 12.2. The Bertz CT molecular complexity index is 602. The molecule has 3 heterocycles. The van der Waals surface area contributed by atoms with Crippen LogP contribution in [0.3, 0.4) is 0 Å². The lowest BCUT2D eigenvalue weighted by Gasteiger charge is -2.47. The molecule has 5 nitrogen and oxygen atoms in total. The van der Waals surface area contributed by atoms with Gasteiger partial charge in [-0.3, -0.25) is 9.69 Å². The van der Waals surface area contributed by atoms with Crippen LogP contribution in [-0.2, 0) is 9.53 Å². The van der Waals surface area contributed by atoms with Crippen LogP contribution in [0.25, 0.3) is 0 Å². The maximum absolute atomic E-state index is 12.6. The number of hydrogen-bond acceptors (Lipinski definition) is 4. The molecule has 0 N–H and O–H groups in total. The molecule has 0 aliphatic carbocycles. The molecule has 1 atom stereocenters. The number of hydrogen-bond donors (Lipinski definition) is 0. The van der Waals surface area contributed by atoms with Crippen molar-refractivity contribution < 1.29 is 9.53 Å². The van der Waals surface area contributed by atoms with Gasteiger partial charge in [-0.25, -0.2) is 0 Å². The highest BCUT2D eigenvalue weighted by atomic mass is 16.5. The Morgan fingerprint density at radius 1 is 1.16 bits per heavy atom. The topological polar surface area (TPSA) is 36.0 Å². The quantitative estimate of drug-likeness (QED) is 0.839. The van der Waals surface area contributed by atoms with Gasteiger partial charge in [-0.15, -0.1) is 0 Å². The second-order valence-electron chi connectivity index (χ2n) is 7.94. The van der Waals surface area contributed by atoms with Gasteiger partial charge >= 0.3 is 0 Å². The Labute approximate surface area is 150 Å². The van der Waals surface area contributed by atoms with E-state index in [0.29, 0.717) is 6.54 Å². The number of likely N-dealkylation sites (tertiary alicyclic amines) is 1. The van der Waals surface area contributed by atoms with Crippen LogP contribution in [0.15, 0.2) is 30.3 Å². The van der Waals surface area contributed by atoms with Crippen molar-refractivity contribution in [2.24, 2.45) is 5.92 Å². The summed E-state index contributed by atoms with van der Waals surface area (Å²) >= 11 is 0. The third kappa shape index (κ3) is 3.46. The first kappa shape index (κ1) is 17.0. The second kappa shape index (κ2) is 7.06.